The maximum absolute atomic E-state index is 13.1. The highest BCUT2D eigenvalue weighted by atomic mass is 19.1. The Labute approximate surface area is 120 Å². The molecule has 0 aliphatic heterocycles. The van der Waals surface area contributed by atoms with Crippen molar-refractivity contribution in [2.24, 2.45) is 0 Å². The number of rotatable bonds is 3. The summed E-state index contributed by atoms with van der Waals surface area (Å²) in [5.41, 5.74) is 6.76. The van der Waals surface area contributed by atoms with Gasteiger partial charge in [-0.25, -0.2) is 9.18 Å². The van der Waals surface area contributed by atoms with Crippen LogP contribution in [0.5, 0.6) is 0 Å². The number of carboxylic acids is 1. The van der Waals surface area contributed by atoms with Crippen molar-refractivity contribution in [2.75, 3.05) is 11.1 Å². The van der Waals surface area contributed by atoms with Crippen molar-refractivity contribution in [2.45, 2.75) is 6.92 Å². The summed E-state index contributed by atoms with van der Waals surface area (Å²) in [6, 6.07) is 8.05. The Bertz CT molecular complexity index is 729. The molecule has 0 saturated carbocycles. The minimum absolute atomic E-state index is 0.00908. The van der Waals surface area contributed by atoms with Gasteiger partial charge in [-0.2, -0.15) is 0 Å². The molecule has 0 unspecified atom stereocenters. The number of carboxylic acid groups (broad SMARTS) is 1. The highest BCUT2D eigenvalue weighted by Crippen LogP contribution is 2.20. The summed E-state index contributed by atoms with van der Waals surface area (Å²) < 4.78 is 13.1. The average Bonchev–Trinajstić information content (AvgIpc) is 2.43. The van der Waals surface area contributed by atoms with Crippen LogP contribution in [0.25, 0.3) is 0 Å². The van der Waals surface area contributed by atoms with Gasteiger partial charge in [0.1, 0.15) is 5.82 Å². The third-order valence-electron chi connectivity index (χ3n) is 2.91. The van der Waals surface area contributed by atoms with Crippen LogP contribution >= 0.6 is 0 Å². The second-order valence-electron chi connectivity index (χ2n) is 4.54. The third kappa shape index (κ3) is 3.17. The Morgan fingerprint density at radius 2 is 1.86 bits per heavy atom. The van der Waals surface area contributed by atoms with Crippen LogP contribution in [0.3, 0.4) is 0 Å². The number of benzene rings is 2. The first-order chi connectivity index (χ1) is 9.88. The van der Waals surface area contributed by atoms with E-state index in [1.165, 1.54) is 6.07 Å². The number of anilines is 2. The lowest BCUT2D eigenvalue weighted by molar-refractivity contribution is 0.0697. The molecule has 2 aromatic carbocycles. The summed E-state index contributed by atoms with van der Waals surface area (Å²) >= 11 is 0. The number of nitrogens with two attached hydrogens (primary N) is 1. The molecule has 4 N–H and O–H groups in total. The van der Waals surface area contributed by atoms with Gasteiger partial charge < -0.3 is 16.2 Å². The molecule has 0 fully saturated rings. The first-order valence-corrected chi connectivity index (χ1v) is 6.09. The van der Waals surface area contributed by atoms with E-state index in [9.17, 15) is 14.0 Å². The second-order valence-corrected chi connectivity index (χ2v) is 4.54. The first-order valence-electron chi connectivity index (χ1n) is 6.09. The van der Waals surface area contributed by atoms with E-state index < -0.39 is 17.7 Å². The summed E-state index contributed by atoms with van der Waals surface area (Å²) in [7, 11) is 0. The zero-order valence-electron chi connectivity index (χ0n) is 11.2. The molecule has 0 spiro atoms. The Hall–Kier alpha value is -2.89. The van der Waals surface area contributed by atoms with Crippen LogP contribution < -0.4 is 11.1 Å². The van der Waals surface area contributed by atoms with Gasteiger partial charge >= 0.3 is 5.97 Å². The summed E-state index contributed by atoms with van der Waals surface area (Å²) in [6.45, 7) is 1.80. The molecule has 0 heterocycles. The molecule has 0 radical (unpaired) electrons. The maximum Gasteiger partial charge on any atom is 0.337 e. The van der Waals surface area contributed by atoms with Gasteiger partial charge in [0.2, 0.25) is 0 Å². The Morgan fingerprint density at radius 3 is 2.52 bits per heavy atom. The van der Waals surface area contributed by atoms with Crippen molar-refractivity contribution in [3.8, 4) is 0 Å². The maximum atomic E-state index is 13.1. The van der Waals surface area contributed by atoms with E-state index in [0.717, 1.165) is 17.7 Å². The normalized spacial score (nSPS) is 10.2. The molecule has 5 nitrogen and oxygen atoms in total. The topological polar surface area (TPSA) is 92.4 Å². The fourth-order valence-electron chi connectivity index (χ4n) is 1.86. The molecular weight excluding hydrogens is 275 g/mol. The number of nitrogens with one attached hydrogen (secondary N) is 1. The zero-order chi connectivity index (χ0) is 15.6. The molecule has 0 aliphatic carbocycles. The summed E-state index contributed by atoms with van der Waals surface area (Å²) in [6.07, 6.45) is 0. The number of hydrogen-bond donors (Lipinski definition) is 3. The van der Waals surface area contributed by atoms with Crippen LogP contribution in [-0.2, 0) is 0 Å². The SMILES string of the molecule is Cc1ccc(N)c(C(=O)Nc2ccc(F)cc2C(=O)O)c1. The number of aromatic carboxylic acids is 1. The smallest absolute Gasteiger partial charge is 0.337 e. The molecule has 2 aromatic rings. The van der Waals surface area contributed by atoms with Crippen LogP contribution in [-0.4, -0.2) is 17.0 Å². The minimum Gasteiger partial charge on any atom is -0.478 e. The first kappa shape index (κ1) is 14.5. The van der Waals surface area contributed by atoms with Crippen molar-refractivity contribution in [3.05, 3.63) is 58.9 Å². The van der Waals surface area contributed by atoms with Gasteiger partial charge in [0.05, 0.1) is 16.8 Å². The van der Waals surface area contributed by atoms with Crippen LogP contribution in [0.2, 0.25) is 0 Å². The summed E-state index contributed by atoms with van der Waals surface area (Å²) in [5, 5.41) is 11.5. The van der Waals surface area contributed by atoms with Gasteiger partial charge in [-0.05, 0) is 37.3 Å². The lowest BCUT2D eigenvalue weighted by Crippen LogP contribution is -2.16. The third-order valence-corrected chi connectivity index (χ3v) is 2.91. The van der Waals surface area contributed by atoms with Crippen molar-refractivity contribution in [3.63, 3.8) is 0 Å². The van der Waals surface area contributed by atoms with Crippen LogP contribution in [0.1, 0.15) is 26.3 Å². The van der Waals surface area contributed by atoms with Gasteiger partial charge in [-0.15, -0.1) is 0 Å². The molecule has 2 rings (SSSR count). The van der Waals surface area contributed by atoms with Crippen molar-refractivity contribution >= 4 is 23.3 Å². The van der Waals surface area contributed by atoms with E-state index in [1.54, 1.807) is 25.1 Å². The summed E-state index contributed by atoms with van der Waals surface area (Å²) in [4.78, 5) is 23.2. The number of carbonyl (C=O) groups is 2. The van der Waals surface area contributed by atoms with E-state index in [0.29, 0.717) is 0 Å². The highest BCUT2D eigenvalue weighted by Gasteiger charge is 2.16. The monoisotopic (exact) mass is 288 g/mol. The van der Waals surface area contributed by atoms with Crippen LogP contribution in [0, 0.1) is 12.7 Å². The number of carbonyl (C=O) groups excluding carboxylic acids is 1. The van der Waals surface area contributed by atoms with Crippen LogP contribution in [0.4, 0.5) is 15.8 Å². The van der Waals surface area contributed by atoms with Crippen molar-refractivity contribution in [1.29, 1.82) is 0 Å². The highest BCUT2D eigenvalue weighted by molar-refractivity contribution is 6.10. The molecular formula is C15H13FN2O3. The number of halogens is 1. The molecule has 0 bridgehead atoms. The predicted molar refractivity (Wildman–Crippen MR) is 76.9 cm³/mol. The molecule has 0 aliphatic rings. The minimum atomic E-state index is -1.33. The van der Waals surface area contributed by atoms with Gasteiger partial charge in [0, 0.05) is 5.69 Å². The molecule has 0 saturated heterocycles. The van der Waals surface area contributed by atoms with E-state index >= 15 is 0 Å². The summed E-state index contributed by atoms with van der Waals surface area (Å²) in [5.74, 6) is -2.58. The predicted octanol–water partition coefficient (Wildman–Crippen LogP) is 2.67. The zero-order valence-corrected chi connectivity index (χ0v) is 11.2. The van der Waals surface area contributed by atoms with Crippen molar-refractivity contribution in [1.82, 2.24) is 0 Å². The number of nitrogen functional groups attached to an aromatic ring is 1. The van der Waals surface area contributed by atoms with Gasteiger partial charge in [-0.3, -0.25) is 4.79 Å². The lowest BCUT2D eigenvalue weighted by Gasteiger charge is -2.10. The molecule has 0 aromatic heterocycles. The number of hydrogen-bond acceptors (Lipinski definition) is 3. The van der Waals surface area contributed by atoms with E-state index in [-0.39, 0.29) is 22.5 Å². The molecule has 6 heteroatoms. The molecule has 108 valence electrons. The quantitative estimate of drug-likeness (QED) is 0.757. The van der Waals surface area contributed by atoms with Crippen LogP contribution in [0.15, 0.2) is 36.4 Å². The van der Waals surface area contributed by atoms with Gasteiger partial charge in [0.25, 0.3) is 5.91 Å². The Kier molecular flexibility index (Phi) is 3.89. The Balaban J connectivity index is 2.36. The van der Waals surface area contributed by atoms with E-state index in [4.69, 9.17) is 10.8 Å². The fraction of sp³-hybridized carbons (Fsp3) is 0.0667. The molecule has 21 heavy (non-hydrogen) atoms. The standard InChI is InChI=1S/C15H13FN2O3/c1-8-2-4-12(17)10(6-8)14(19)18-13-5-3-9(16)7-11(13)15(20)21/h2-7H,17H2,1H3,(H,18,19)(H,20,21). The van der Waals surface area contributed by atoms with Gasteiger partial charge in [0.15, 0.2) is 0 Å². The largest absolute Gasteiger partial charge is 0.478 e. The fourth-order valence-corrected chi connectivity index (χ4v) is 1.86. The van der Waals surface area contributed by atoms with E-state index in [2.05, 4.69) is 5.32 Å². The van der Waals surface area contributed by atoms with E-state index in [1.807, 2.05) is 0 Å². The second kappa shape index (κ2) is 5.62. The van der Waals surface area contributed by atoms with Crippen molar-refractivity contribution < 1.29 is 19.1 Å². The molecule has 0 atom stereocenters. The number of amides is 1. The number of aryl methyl sites for hydroxylation is 1. The van der Waals surface area contributed by atoms with Gasteiger partial charge in [-0.1, -0.05) is 11.6 Å². The average molecular weight is 288 g/mol. The molecule has 1 amide bonds. The Morgan fingerprint density at radius 1 is 1.14 bits per heavy atom. The lowest BCUT2D eigenvalue weighted by atomic mass is 10.1.